The quantitative estimate of drug-likeness (QED) is 0.885. The standard InChI is InChI=1S/C18H21NO.C2H6/c1-13-4-6-15(7-5-13)18(2)17-9-8-16(20-3)12-14(17)10-11-19-18;1-2/h4-9,12,19H,10-11H2,1-3H3;1-2H3. The lowest BCUT2D eigenvalue weighted by Crippen LogP contribution is -2.45. The van der Waals surface area contributed by atoms with Crippen molar-refractivity contribution >= 4 is 0 Å². The molecule has 2 heteroatoms. The highest BCUT2D eigenvalue weighted by Crippen LogP contribution is 2.36. The van der Waals surface area contributed by atoms with Crippen molar-refractivity contribution in [1.82, 2.24) is 5.32 Å². The van der Waals surface area contributed by atoms with Crippen molar-refractivity contribution in [2.24, 2.45) is 0 Å². The molecule has 3 rings (SSSR count). The fourth-order valence-corrected chi connectivity index (χ4v) is 3.08. The largest absolute Gasteiger partial charge is 0.497 e. The molecule has 0 saturated heterocycles. The van der Waals surface area contributed by atoms with E-state index in [0.717, 1.165) is 18.7 Å². The number of rotatable bonds is 2. The van der Waals surface area contributed by atoms with Crippen LogP contribution >= 0.6 is 0 Å². The molecule has 2 nitrogen and oxygen atoms in total. The average molecular weight is 297 g/mol. The number of methoxy groups -OCH3 is 1. The van der Waals surface area contributed by atoms with Gasteiger partial charge in [0.05, 0.1) is 12.6 Å². The van der Waals surface area contributed by atoms with E-state index in [1.54, 1.807) is 7.11 Å². The molecule has 0 spiro atoms. The Morgan fingerprint density at radius 1 is 1.05 bits per heavy atom. The summed E-state index contributed by atoms with van der Waals surface area (Å²) in [6, 6.07) is 15.2. The molecule has 1 aliphatic heterocycles. The van der Waals surface area contributed by atoms with Crippen LogP contribution in [0.5, 0.6) is 5.75 Å². The van der Waals surface area contributed by atoms with Gasteiger partial charge in [-0.3, -0.25) is 0 Å². The maximum absolute atomic E-state index is 5.35. The normalized spacial score (nSPS) is 19.7. The van der Waals surface area contributed by atoms with Gasteiger partial charge in [0, 0.05) is 6.54 Å². The Labute approximate surface area is 134 Å². The summed E-state index contributed by atoms with van der Waals surface area (Å²) in [5, 5.41) is 3.68. The van der Waals surface area contributed by atoms with Gasteiger partial charge in [-0.2, -0.15) is 0 Å². The molecule has 0 amide bonds. The molecule has 2 aromatic carbocycles. The molecule has 118 valence electrons. The lowest BCUT2D eigenvalue weighted by Gasteiger charge is -2.38. The molecule has 2 aromatic rings. The third-order valence-electron chi connectivity index (χ3n) is 4.35. The van der Waals surface area contributed by atoms with Gasteiger partial charge < -0.3 is 10.1 Å². The van der Waals surface area contributed by atoms with E-state index in [1.807, 2.05) is 13.8 Å². The Bertz CT molecular complexity index is 618. The first kappa shape index (κ1) is 16.6. The summed E-state index contributed by atoms with van der Waals surface area (Å²) < 4.78 is 5.35. The Morgan fingerprint density at radius 3 is 2.36 bits per heavy atom. The maximum Gasteiger partial charge on any atom is 0.119 e. The highest BCUT2D eigenvalue weighted by atomic mass is 16.5. The van der Waals surface area contributed by atoms with Gasteiger partial charge in [0.15, 0.2) is 0 Å². The second-order valence-corrected chi connectivity index (χ2v) is 5.69. The number of ether oxygens (including phenoxy) is 1. The molecule has 22 heavy (non-hydrogen) atoms. The number of hydrogen-bond acceptors (Lipinski definition) is 2. The van der Waals surface area contributed by atoms with Gasteiger partial charge in [0.2, 0.25) is 0 Å². The second-order valence-electron chi connectivity index (χ2n) is 5.69. The minimum Gasteiger partial charge on any atom is -0.497 e. The van der Waals surface area contributed by atoms with Gasteiger partial charge in [0.25, 0.3) is 0 Å². The summed E-state index contributed by atoms with van der Waals surface area (Å²) >= 11 is 0. The first-order valence-corrected chi connectivity index (χ1v) is 8.13. The minimum absolute atomic E-state index is 0.118. The van der Waals surface area contributed by atoms with Crippen molar-refractivity contribution in [2.75, 3.05) is 13.7 Å². The lowest BCUT2D eigenvalue weighted by atomic mass is 9.78. The monoisotopic (exact) mass is 297 g/mol. The first-order valence-electron chi connectivity index (χ1n) is 8.13. The summed E-state index contributed by atoms with van der Waals surface area (Å²) in [6.45, 7) is 9.38. The van der Waals surface area contributed by atoms with Gasteiger partial charge >= 0.3 is 0 Å². The number of hydrogen-bond donors (Lipinski definition) is 1. The highest BCUT2D eigenvalue weighted by molar-refractivity contribution is 5.47. The Balaban J connectivity index is 0.000000847. The Kier molecular flexibility index (Phi) is 5.25. The van der Waals surface area contributed by atoms with Crippen molar-refractivity contribution in [3.63, 3.8) is 0 Å². The van der Waals surface area contributed by atoms with Crippen molar-refractivity contribution in [2.45, 2.75) is 39.7 Å². The van der Waals surface area contributed by atoms with E-state index in [2.05, 4.69) is 61.6 Å². The summed E-state index contributed by atoms with van der Waals surface area (Å²) in [7, 11) is 1.72. The first-order chi connectivity index (χ1) is 10.6. The fourth-order valence-electron chi connectivity index (χ4n) is 3.08. The smallest absolute Gasteiger partial charge is 0.119 e. The molecule has 0 fully saturated rings. The van der Waals surface area contributed by atoms with Crippen LogP contribution in [0.15, 0.2) is 42.5 Å². The highest BCUT2D eigenvalue weighted by Gasteiger charge is 2.33. The predicted molar refractivity (Wildman–Crippen MR) is 93.7 cm³/mol. The second kappa shape index (κ2) is 6.97. The summed E-state index contributed by atoms with van der Waals surface area (Å²) in [4.78, 5) is 0. The Morgan fingerprint density at radius 2 is 1.73 bits per heavy atom. The number of aryl methyl sites for hydroxylation is 1. The van der Waals surface area contributed by atoms with Crippen molar-refractivity contribution in [1.29, 1.82) is 0 Å². The topological polar surface area (TPSA) is 21.3 Å². The van der Waals surface area contributed by atoms with Gasteiger partial charge in [0.1, 0.15) is 5.75 Å². The van der Waals surface area contributed by atoms with Crippen LogP contribution in [0.2, 0.25) is 0 Å². The van der Waals surface area contributed by atoms with Crippen molar-refractivity contribution < 1.29 is 4.74 Å². The van der Waals surface area contributed by atoms with Crippen LogP contribution < -0.4 is 10.1 Å². The number of nitrogens with one attached hydrogen (secondary N) is 1. The number of fused-ring (bicyclic) bond motifs is 1. The predicted octanol–water partition coefficient (Wildman–Crippen LogP) is 4.44. The van der Waals surface area contributed by atoms with Crippen molar-refractivity contribution in [3.8, 4) is 5.75 Å². The third kappa shape index (κ3) is 3.02. The van der Waals surface area contributed by atoms with E-state index in [0.29, 0.717) is 0 Å². The zero-order chi connectivity index (χ0) is 16.2. The zero-order valence-corrected chi connectivity index (χ0v) is 14.4. The van der Waals surface area contributed by atoms with Crippen LogP contribution in [0.1, 0.15) is 43.0 Å². The summed E-state index contributed by atoms with van der Waals surface area (Å²) in [5.41, 5.74) is 5.23. The van der Waals surface area contributed by atoms with Gasteiger partial charge in [-0.25, -0.2) is 0 Å². The van der Waals surface area contributed by atoms with E-state index in [9.17, 15) is 0 Å². The van der Waals surface area contributed by atoms with E-state index in [-0.39, 0.29) is 5.54 Å². The molecule has 0 aliphatic carbocycles. The van der Waals surface area contributed by atoms with Crippen LogP contribution in [0.4, 0.5) is 0 Å². The molecular formula is C20H27NO. The number of benzene rings is 2. The summed E-state index contributed by atoms with van der Waals surface area (Å²) in [6.07, 6.45) is 1.05. The van der Waals surface area contributed by atoms with Crippen LogP contribution in [0, 0.1) is 6.92 Å². The molecule has 0 bridgehead atoms. The molecule has 0 radical (unpaired) electrons. The molecular weight excluding hydrogens is 270 g/mol. The van der Waals surface area contributed by atoms with Gasteiger partial charge in [-0.1, -0.05) is 49.7 Å². The average Bonchev–Trinajstić information content (AvgIpc) is 2.57. The Hall–Kier alpha value is -1.80. The zero-order valence-electron chi connectivity index (χ0n) is 14.4. The van der Waals surface area contributed by atoms with Crippen LogP contribution in [-0.2, 0) is 12.0 Å². The third-order valence-corrected chi connectivity index (χ3v) is 4.35. The van der Waals surface area contributed by atoms with Crippen LogP contribution in [0.3, 0.4) is 0 Å². The van der Waals surface area contributed by atoms with E-state index < -0.39 is 0 Å². The molecule has 0 saturated carbocycles. The van der Waals surface area contributed by atoms with Crippen LogP contribution in [0.25, 0.3) is 0 Å². The minimum atomic E-state index is -0.118. The van der Waals surface area contributed by atoms with Gasteiger partial charge in [-0.15, -0.1) is 0 Å². The molecule has 1 heterocycles. The van der Waals surface area contributed by atoms with E-state index in [1.165, 1.54) is 22.3 Å². The summed E-state index contributed by atoms with van der Waals surface area (Å²) in [5.74, 6) is 0.942. The SMILES string of the molecule is CC.COc1ccc2c(c1)CCNC2(C)c1ccc(C)cc1. The van der Waals surface area contributed by atoms with Crippen LogP contribution in [-0.4, -0.2) is 13.7 Å². The molecule has 1 unspecified atom stereocenters. The van der Waals surface area contributed by atoms with E-state index in [4.69, 9.17) is 4.74 Å². The molecule has 1 aliphatic rings. The maximum atomic E-state index is 5.35. The molecule has 0 aromatic heterocycles. The fraction of sp³-hybridized carbons (Fsp3) is 0.400. The van der Waals surface area contributed by atoms with Gasteiger partial charge in [-0.05, 0) is 49.1 Å². The molecule has 1 atom stereocenters. The molecule has 1 N–H and O–H groups in total. The van der Waals surface area contributed by atoms with E-state index >= 15 is 0 Å². The van der Waals surface area contributed by atoms with Crippen molar-refractivity contribution in [3.05, 3.63) is 64.7 Å². The lowest BCUT2D eigenvalue weighted by molar-refractivity contribution is 0.400.